The molecule has 26 heteroatoms. The van der Waals surface area contributed by atoms with Crippen LogP contribution in [0, 0.1) is 40.1 Å². The highest BCUT2D eigenvalue weighted by atomic mass is 19.4. The minimum atomic E-state index is -5.21. The molecule has 6 atom stereocenters. The van der Waals surface area contributed by atoms with Gasteiger partial charge in [-0.1, -0.05) is 24.0 Å². The van der Waals surface area contributed by atoms with E-state index in [4.69, 9.17) is 4.74 Å². The number of aliphatic hydroxyl groups is 1. The molecule has 80 heavy (non-hydrogen) atoms. The van der Waals surface area contributed by atoms with Gasteiger partial charge in [-0.15, -0.1) is 0 Å². The molecule has 17 nitrogen and oxygen atoms in total. The van der Waals surface area contributed by atoms with Crippen LogP contribution in [-0.2, 0) is 36.8 Å². The zero-order valence-corrected chi connectivity index (χ0v) is 44.3. The fourth-order valence-corrected chi connectivity index (χ4v) is 9.62. The molecule has 0 saturated carbocycles. The van der Waals surface area contributed by atoms with E-state index in [1.165, 1.54) is 12.1 Å². The zero-order valence-electron chi connectivity index (χ0n) is 44.3. The fraction of sp³-hybridized carbons (Fsp3) is 0.481. The molecule has 0 aliphatic carbocycles. The van der Waals surface area contributed by atoms with Crippen LogP contribution >= 0.6 is 0 Å². The molecule has 2 aromatic carbocycles. The van der Waals surface area contributed by atoms with Crippen LogP contribution in [0.15, 0.2) is 73.1 Å². The molecule has 5 N–H and O–H groups in total. The third kappa shape index (κ3) is 14.0. The van der Waals surface area contributed by atoms with Crippen LogP contribution in [0.25, 0.3) is 11.3 Å². The van der Waals surface area contributed by atoms with Crippen molar-refractivity contribution in [1.82, 2.24) is 41.3 Å². The Morgan fingerprint density at radius 1 is 0.738 bits per heavy atom. The molecule has 0 radical (unpaired) electrons. The van der Waals surface area contributed by atoms with Crippen molar-refractivity contribution in [2.75, 3.05) is 52.0 Å². The number of anilines is 1. The van der Waals surface area contributed by atoms with E-state index in [0.717, 1.165) is 89.6 Å². The number of nitrogens with one attached hydrogen (secondary N) is 4. The summed E-state index contributed by atoms with van der Waals surface area (Å²) < 4.78 is 147. The van der Waals surface area contributed by atoms with Crippen molar-refractivity contribution in [1.29, 1.82) is 0 Å². The number of nitrogens with zero attached hydrogens (tertiary/aromatic N) is 5. The molecule has 0 spiro atoms. The van der Waals surface area contributed by atoms with Crippen molar-refractivity contribution in [3.05, 3.63) is 113 Å². The predicted octanol–water partition coefficient (Wildman–Crippen LogP) is 6.56. The Morgan fingerprint density at radius 3 is 1.77 bits per heavy atom. The maximum absolute atomic E-state index is 16.0. The molecule has 7 rings (SSSR count). The van der Waals surface area contributed by atoms with E-state index in [1.807, 2.05) is 17.4 Å². The van der Waals surface area contributed by atoms with Crippen LogP contribution in [0.1, 0.15) is 62.8 Å². The smallest absolute Gasteiger partial charge is 0.407 e. The first-order chi connectivity index (χ1) is 37.6. The molecule has 3 aliphatic rings. The van der Waals surface area contributed by atoms with Crippen molar-refractivity contribution in [2.45, 2.75) is 108 Å². The average Bonchev–Trinajstić information content (AvgIpc) is 3.61. The van der Waals surface area contributed by atoms with Crippen LogP contribution in [-0.4, -0.2) is 151 Å². The van der Waals surface area contributed by atoms with Gasteiger partial charge in [0.25, 0.3) is 5.91 Å². The fourth-order valence-electron chi connectivity index (χ4n) is 9.62. The summed E-state index contributed by atoms with van der Waals surface area (Å²) in [6.45, 7) is 3.37. The van der Waals surface area contributed by atoms with Crippen molar-refractivity contribution in [3.8, 4) is 23.1 Å². The topological polar surface area (TPSA) is 200 Å². The molecular formula is C54H60F9N9O8. The first-order valence-corrected chi connectivity index (χ1v) is 25.2. The van der Waals surface area contributed by atoms with Gasteiger partial charge in [-0.2, -0.15) is 26.3 Å². The number of amides is 4. The van der Waals surface area contributed by atoms with Crippen molar-refractivity contribution in [3.63, 3.8) is 0 Å². The Bertz CT molecular complexity index is 2880. The lowest BCUT2D eigenvalue weighted by atomic mass is 9.82. The van der Waals surface area contributed by atoms with Crippen LogP contribution in [0.2, 0.25) is 0 Å². The Labute approximate surface area is 454 Å². The lowest BCUT2D eigenvalue weighted by molar-refractivity contribution is -0.221. The molecule has 2 aromatic heterocycles. The highest BCUT2D eigenvalue weighted by Gasteiger charge is 2.57. The number of alkyl carbamates (subject to hydrolysis) is 2. The second-order valence-electron chi connectivity index (χ2n) is 20.9. The monoisotopic (exact) mass is 1130 g/mol. The number of piperazine rings is 1. The summed E-state index contributed by atoms with van der Waals surface area (Å²) in [4.78, 5) is 66.2. The number of hydrogen-bond donors (Lipinski definition) is 5. The summed E-state index contributed by atoms with van der Waals surface area (Å²) in [5.74, 6) is 0.300. The Hall–Kier alpha value is -7.21. The number of methoxy groups -OCH3 is 2. The predicted molar refractivity (Wildman–Crippen MR) is 270 cm³/mol. The van der Waals surface area contributed by atoms with Crippen LogP contribution in [0.3, 0.4) is 0 Å². The number of pyridine rings is 2. The third-order valence-corrected chi connectivity index (χ3v) is 14.7. The molecule has 2 unspecified atom stereocenters. The van der Waals surface area contributed by atoms with Crippen molar-refractivity contribution >= 4 is 29.8 Å². The second-order valence-corrected chi connectivity index (χ2v) is 20.9. The number of carbonyl (C=O) groups excluding carboxylic acids is 4. The summed E-state index contributed by atoms with van der Waals surface area (Å²) in [6, 6.07) is 8.12. The molecule has 4 amide bonds. The number of fused-ring (bicyclic) bond motifs is 2. The molecule has 432 valence electrons. The van der Waals surface area contributed by atoms with Crippen LogP contribution < -0.4 is 26.3 Å². The SMILES string of the molecule is COC(=O)N[C@H](C(=O)N[C@@H](Cc1ccc(C#Cc2ccc(N3CC4CCC(C3)N4C3COC3)nc2)cc1)[C@@H](O)CN(Cc1c(F)cc(-c2ccc(F)cn2)cc1F)NC(=O)[C@@H](NC(=O)OC)C(C)(C)C(F)(F)F)C(C)(C)C(F)(F)F. The molecular weight excluding hydrogens is 1070 g/mol. The van der Waals surface area contributed by atoms with Crippen LogP contribution in [0.4, 0.5) is 54.9 Å². The van der Waals surface area contributed by atoms with E-state index in [0.29, 0.717) is 67.5 Å². The average molecular weight is 1130 g/mol. The van der Waals surface area contributed by atoms with Gasteiger partial charge >= 0.3 is 24.5 Å². The summed E-state index contributed by atoms with van der Waals surface area (Å²) in [5, 5.41) is 18.6. The number of aromatic nitrogens is 2. The van der Waals surface area contributed by atoms with Crippen molar-refractivity contribution in [2.24, 2.45) is 10.8 Å². The maximum Gasteiger partial charge on any atom is 0.407 e. The standard InChI is InChI=1S/C54H60F9N9O8/c1-51(2,53(58,59)60)45(67-49(76)78-5)47(74)66-42(19-31-10-7-30(8-11-31)9-12-32-13-18-44(65-22-32)70-24-35-15-16-36(25-70)72(35)37-28-80-29-37)43(73)27-71(69-48(75)46(68-50(77)79-6)52(3,4)54(61,62)63)26-38-39(56)20-33(21-40(38)57)41-17-14-34(55)23-64-41/h7-8,10-11,13-14,17-18,20-23,35-37,42-43,45-46,73H,15-16,19,24-29H2,1-6H3,(H,66,74)(H,67,76)(H,68,77)(H,69,75)/t35?,36?,42-,43-,45+,46+/m0/s1. The first kappa shape index (κ1) is 60.4. The van der Waals surface area contributed by atoms with E-state index in [9.17, 15) is 55.0 Å². The first-order valence-electron chi connectivity index (χ1n) is 25.2. The van der Waals surface area contributed by atoms with Gasteiger partial charge < -0.3 is 40.2 Å². The molecule has 2 bridgehead atoms. The van der Waals surface area contributed by atoms with Gasteiger partial charge in [0.05, 0.1) is 68.3 Å². The van der Waals surface area contributed by atoms with Crippen molar-refractivity contribution < 1.29 is 78.0 Å². The van der Waals surface area contributed by atoms with Crippen LogP contribution in [0.5, 0.6) is 0 Å². The third-order valence-electron chi connectivity index (χ3n) is 14.7. The van der Waals surface area contributed by atoms with Gasteiger partial charge in [-0.3, -0.25) is 24.9 Å². The molecule has 5 heterocycles. The number of carbonyl (C=O) groups is 4. The van der Waals surface area contributed by atoms with E-state index in [2.05, 4.69) is 51.8 Å². The van der Waals surface area contributed by atoms with E-state index < -0.39 is 114 Å². The summed E-state index contributed by atoms with van der Waals surface area (Å²) in [7, 11) is 1.63. The van der Waals surface area contributed by atoms with E-state index >= 15 is 8.78 Å². The minimum Gasteiger partial charge on any atom is -0.453 e. The summed E-state index contributed by atoms with van der Waals surface area (Å²) in [6.07, 6.45) is -11.2. The number of hydrogen-bond acceptors (Lipinski definition) is 13. The number of hydrazine groups is 1. The minimum absolute atomic E-state index is 0.0798. The zero-order chi connectivity index (χ0) is 58.5. The summed E-state index contributed by atoms with van der Waals surface area (Å²) in [5.41, 5.74) is -3.81. The number of benzene rings is 2. The molecule has 3 saturated heterocycles. The Balaban J connectivity index is 1.18. The van der Waals surface area contributed by atoms with Gasteiger partial charge in [-0.05, 0) is 101 Å². The molecule has 4 aromatic rings. The highest BCUT2D eigenvalue weighted by molar-refractivity contribution is 5.87. The molecule has 3 fully saturated rings. The quantitative estimate of drug-likeness (QED) is 0.0408. The highest BCUT2D eigenvalue weighted by Crippen LogP contribution is 2.42. The van der Waals surface area contributed by atoms with Gasteiger partial charge in [-0.25, -0.2) is 32.8 Å². The van der Waals surface area contributed by atoms with Gasteiger partial charge in [0.2, 0.25) is 5.91 Å². The number of halogens is 9. The van der Waals surface area contributed by atoms with E-state index in [-0.39, 0.29) is 11.3 Å². The maximum atomic E-state index is 16.0. The lowest BCUT2D eigenvalue weighted by Crippen LogP contribution is -2.63. The Morgan fingerprint density at radius 2 is 1.29 bits per heavy atom. The number of aliphatic hydroxyl groups excluding tert-OH is 1. The van der Waals surface area contributed by atoms with Gasteiger partial charge in [0.15, 0.2) is 0 Å². The summed E-state index contributed by atoms with van der Waals surface area (Å²) >= 11 is 0. The molecule has 3 aliphatic heterocycles. The normalized spacial score (nSPS) is 18.4. The van der Waals surface area contributed by atoms with Gasteiger partial charge in [0.1, 0.15) is 35.4 Å². The number of ether oxygens (including phenoxy) is 3. The Kier molecular flexibility index (Phi) is 18.6. The van der Waals surface area contributed by atoms with E-state index in [1.54, 1.807) is 23.6 Å². The number of alkyl halides is 6. The largest absolute Gasteiger partial charge is 0.453 e. The second kappa shape index (κ2) is 24.7. The van der Waals surface area contributed by atoms with Gasteiger partial charge in [0, 0.05) is 66.7 Å². The number of rotatable bonds is 18. The lowest BCUT2D eigenvalue weighted by Gasteiger charge is -2.47.